The molecule has 0 amide bonds. The zero-order valence-electron chi connectivity index (χ0n) is 5.06. The van der Waals surface area contributed by atoms with Gasteiger partial charge in [0.05, 0.1) is 0 Å². The molecular weight excluding hydrogens is 108 g/mol. The van der Waals surface area contributed by atoms with E-state index in [2.05, 4.69) is 0 Å². The van der Waals surface area contributed by atoms with E-state index in [0.29, 0.717) is 0 Å². The fourth-order valence-corrected chi connectivity index (χ4v) is 0.433. The van der Waals surface area contributed by atoms with Gasteiger partial charge < -0.3 is 9.22 Å². The first kappa shape index (κ1) is 7.14. The van der Waals surface area contributed by atoms with Crippen molar-refractivity contribution < 1.29 is 9.22 Å². The molecule has 0 aliphatic carbocycles. The van der Waals surface area contributed by atoms with Crippen LogP contribution >= 0.6 is 0 Å². The van der Waals surface area contributed by atoms with Crippen LogP contribution in [-0.4, -0.2) is 20.5 Å². The molecule has 0 heterocycles. The minimum atomic E-state index is -2.15. The number of hydrogen-bond acceptors (Lipinski definition) is 2. The van der Waals surface area contributed by atoms with Crippen LogP contribution in [0.2, 0.25) is 12.6 Å². The lowest BCUT2D eigenvalue weighted by Gasteiger charge is -2.13. The van der Waals surface area contributed by atoms with E-state index in [1.54, 1.807) is 13.7 Å². The molecule has 0 aliphatic rings. The van der Waals surface area contributed by atoms with E-state index in [1.807, 2.05) is 6.92 Å². The van der Waals surface area contributed by atoms with E-state index in [0.717, 1.165) is 6.04 Å². The van der Waals surface area contributed by atoms with Crippen molar-refractivity contribution in [3.8, 4) is 0 Å². The van der Waals surface area contributed by atoms with Crippen LogP contribution in [0, 0.1) is 0 Å². The van der Waals surface area contributed by atoms with Crippen LogP contribution in [0.4, 0.5) is 0 Å². The highest BCUT2D eigenvalue weighted by atomic mass is 28.4. The average Bonchev–Trinajstić information content (AvgIpc) is 1.68. The highest BCUT2D eigenvalue weighted by Gasteiger charge is 2.20. The van der Waals surface area contributed by atoms with Crippen molar-refractivity contribution in [2.45, 2.75) is 19.5 Å². The van der Waals surface area contributed by atoms with Gasteiger partial charge >= 0.3 is 8.56 Å². The fraction of sp³-hybridized carbons (Fsp3) is 1.00. The van der Waals surface area contributed by atoms with Crippen molar-refractivity contribution in [3.63, 3.8) is 0 Å². The average molecular weight is 120 g/mol. The summed E-state index contributed by atoms with van der Waals surface area (Å²) in [6, 6.07) is 0.767. The molecule has 0 aliphatic heterocycles. The Bertz CT molecular complexity index is 47.7. The molecule has 0 spiro atoms. The van der Waals surface area contributed by atoms with E-state index in [-0.39, 0.29) is 0 Å². The Morgan fingerprint density at radius 3 is 2.14 bits per heavy atom. The second kappa shape index (κ2) is 2.45. The summed E-state index contributed by atoms with van der Waals surface area (Å²) in [7, 11) is -0.600. The smallest absolute Gasteiger partial charge is 0.331 e. The lowest BCUT2D eigenvalue weighted by Crippen LogP contribution is -2.31. The Kier molecular flexibility index (Phi) is 2.49. The Morgan fingerprint density at radius 2 is 2.14 bits per heavy atom. The summed E-state index contributed by atoms with van der Waals surface area (Å²) in [6.45, 7) is 3.70. The largest absolute Gasteiger partial charge is 0.411 e. The Balaban J connectivity index is 3.36. The third kappa shape index (κ3) is 2.79. The molecule has 0 saturated heterocycles. The molecule has 2 nitrogen and oxygen atoms in total. The van der Waals surface area contributed by atoms with Gasteiger partial charge in [-0.3, -0.25) is 0 Å². The van der Waals surface area contributed by atoms with Gasteiger partial charge in [-0.1, -0.05) is 6.92 Å². The monoisotopic (exact) mass is 120 g/mol. The first-order valence-electron chi connectivity index (χ1n) is 2.40. The summed E-state index contributed by atoms with van der Waals surface area (Å²) >= 11 is 0. The quantitative estimate of drug-likeness (QED) is 0.544. The van der Waals surface area contributed by atoms with Crippen LogP contribution in [-0.2, 0) is 4.43 Å². The van der Waals surface area contributed by atoms with Crippen LogP contribution in [0.5, 0.6) is 0 Å². The standard InChI is InChI=1S/C4H12O2Si/c1-4-7(3,5)6-2/h5H,4H2,1-3H3. The van der Waals surface area contributed by atoms with E-state index >= 15 is 0 Å². The molecule has 0 fully saturated rings. The summed E-state index contributed by atoms with van der Waals surface area (Å²) < 4.78 is 4.78. The summed E-state index contributed by atoms with van der Waals surface area (Å²) in [5.41, 5.74) is 0. The van der Waals surface area contributed by atoms with Gasteiger partial charge in [0, 0.05) is 7.11 Å². The lowest BCUT2D eigenvalue weighted by molar-refractivity contribution is 0.298. The molecule has 0 bridgehead atoms. The summed E-state index contributed by atoms with van der Waals surface area (Å²) in [5.74, 6) is 0. The molecule has 1 unspecified atom stereocenters. The summed E-state index contributed by atoms with van der Waals surface area (Å²) in [5, 5.41) is 0. The zero-order valence-corrected chi connectivity index (χ0v) is 6.06. The molecule has 3 heteroatoms. The van der Waals surface area contributed by atoms with Crippen LogP contribution < -0.4 is 0 Å². The molecular formula is C4H12O2Si. The molecule has 0 aromatic heterocycles. The maximum Gasteiger partial charge on any atom is 0.331 e. The molecule has 0 aromatic carbocycles. The second-order valence-electron chi connectivity index (χ2n) is 1.73. The summed E-state index contributed by atoms with van der Waals surface area (Å²) in [6.07, 6.45) is 0. The van der Waals surface area contributed by atoms with Crippen LogP contribution in [0.15, 0.2) is 0 Å². The predicted molar refractivity (Wildman–Crippen MR) is 31.3 cm³/mol. The minimum absolute atomic E-state index is 0.767. The fourth-order valence-electron chi connectivity index (χ4n) is 0.144. The van der Waals surface area contributed by atoms with E-state index in [1.165, 1.54) is 0 Å². The van der Waals surface area contributed by atoms with Crippen molar-refractivity contribution in [2.75, 3.05) is 7.11 Å². The van der Waals surface area contributed by atoms with E-state index < -0.39 is 8.56 Å². The van der Waals surface area contributed by atoms with Crippen molar-refractivity contribution >= 4 is 8.56 Å². The first-order valence-corrected chi connectivity index (χ1v) is 4.96. The normalized spacial score (nSPS) is 18.9. The molecule has 0 aromatic rings. The van der Waals surface area contributed by atoms with Crippen LogP contribution in [0.1, 0.15) is 6.92 Å². The van der Waals surface area contributed by atoms with Crippen LogP contribution in [0.25, 0.3) is 0 Å². The van der Waals surface area contributed by atoms with Crippen LogP contribution in [0.3, 0.4) is 0 Å². The van der Waals surface area contributed by atoms with E-state index in [4.69, 9.17) is 9.22 Å². The Hall–Kier alpha value is 0.137. The lowest BCUT2D eigenvalue weighted by atomic mass is 11.0. The van der Waals surface area contributed by atoms with Crippen molar-refractivity contribution in [1.82, 2.24) is 0 Å². The maximum absolute atomic E-state index is 9.05. The third-order valence-corrected chi connectivity index (χ3v) is 3.29. The molecule has 44 valence electrons. The van der Waals surface area contributed by atoms with Gasteiger partial charge in [0.25, 0.3) is 0 Å². The van der Waals surface area contributed by atoms with E-state index in [9.17, 15) is 0 Å². The van der Waals surface area contributed by atoms with Gasteiger partial charge in [-0.2, -0.15) is 0 Å². The second-order valence-corrected chi connectivity index (χ2v) is 5.20. The molecule has 0 radical (unpaired) electrons. The van der Waals surface area contributed by atoms with Gasteiger partial charge in [-0.15, -0.1) is 0 Å². The van der Waals surface area contributed by atoms with Crippen molar-refractivity contribution in [2.24, 2.45) is 0 Å². The van der Waals surface area contributed by atoms with Gasteiger partial charge in [0.1, 0.15) is 0 Å². The minimum Gasteiger partial charge on any atom is -0.411 e. The number of rotatable bonds is 2. The zero-order chi connectivity index (χ0) is 5.91. The summed E-state index contributed by atoms with van der Waals surface area (Å²) in [4.78, 5) is 9.05. The predicted octanol–water partition coefficient (Wildman–Crippen LogP) is 0.717. The molecule has 0 saturated carbocycles. The van der Waals surface area contributed by atoms with Crippen molar-refractivity contribution in [1.29, 1.82) is 0 Å². The highest BCUT2D eigenvalue weighted by molar-refractivity contribution is 6.64. The maximum atomic E-state index is 9.05. The molecule has 7 heavy (non-hydrogen) atoms. The Labute approximate surface area is 45.4 Å². The van der Waals surface area contributed by atoms with Gasteiger partial charge in [0.15, 0.2) is 0 Å². The molecule has 0 rings (SSSR count). The van der Waals surface area contributed by atoms with Gasteiger partial charge in [-0.25, -0.2) is 0 Å². The Morgan fingerprint density at radius 1 is 1.71 bits per heavy atom. The van der Waals surface area contributed by atoms with Crippen molar-refractivity contribution in [3.05, 3.63) is 0 Å². The first-order chi connectivity index (χ1) is 3.12. The SMILES string of the molecule is CC[Si](C)(O)OC. The number of hydrogen-bond donors (Lipinski definition) is 1. The highest BCUT2D eigenvalue weighted by Crippen LogP contribution is 2.02. The van der Waals surface area contributed by atoms with Gasteiger partial charge in [-0.05, 0) is 12.6 Å². The third-order valence-electron chi connectivity index (χ3n) is 1.10. The molecule has 1 N–H and O–H groups in total. The topological polar surface area (TPSA) is 29.5 Å². The van der Waals surface area contributed by atoms with Gasteiger partial charge in [0.2, 0.25) is 0 Å². The molecule has 1 atom stereocenters.